The maximum atomic E-state index is 12.5. The fourth-order valence-corrected chi connectivity index (χ4v) is 2.75. The minimum absolute atomic E-state index is 0.0252. The van der Waals surface area contributed by atoms with Gasteiger partial charge in [0, 0.05) is 11.6 Å². The number of carbonyl (C=O) groups excluding carboxylic acids is 3. The molecule has 1 fully saturated rings. The van der Waals surface area contributed by atoms with Gasteiger partial charge in [0.1, 0.15) is 6.54 Å². The van der Waals surface area contributed by atoms with Crippen LogP contribution in [0.15, 0.2) is 24.3 Å². The number of hydrogen-bond acceptors (Lipinski definition) is 4. The highest BCUT2D eigenvalue weighted by Gasteiger charge is 2.30. The molecule has 0 heterocycles. The van der Waals surface area contributed by atoms with Crippen molar-refractivity contribution in [2.75, 3.05) is 6.54 Å². The highest BCUT2D eigenvalue weighted by molar-refractivity contribution is 5.96. The molecule has 1 aromatic rings. The Morgan fingerprint density at radius 1 is 1.15 bits per heavy atom. The van der Waals surface area contributed by atoms with Gasteiger partial charge in [0.05, 0.1) is 5.56 Å². The Morgan fingerprint density at radius 3 is 2.30 bits per heavy atom. The van der Waals surface area contributed by atoms with E-state index in [0.29, 0.717) is 0 Å². The van der Waals surface area contributed by atoms with Crippen molar-refractivity contribution in [1.29, 1.82) is 0 Å². The fourth-order valence-electron chi connectivity index (χ4n) is 2.75. The molecule has 0 aliphatic heterocycles. The first-order chi connectivity index (χ1) is 12.7. The number of benzene rings is 1. The van der Waals surface area contributed by atoms with Gasteiger partial charge in [-0.25, -0.2) is 0 Å². The van der Waals surface area contributed by atoms with Crippen LogP contribution in [0, 0.1) is 0 Å². The second-order valence-electron chi connectivity index (χ2n) is 6.38. The molecule has 1 saturated carbocycles. The highest BCUT2D eigenvalue weighted by Crippen LogP contribution is 2.29. The van der Waals surface area contributed by atoms with E-state index in [1.165, 1.54) is 6.92 Å². The van der Waals surface area contributed by atoms with Crippen LogP contribution in [0.5, 0.6) is 0 Å². The number of amides is 2. The molecule has 0 radical (unpaired) electrons. The van der Waals surface area contributed by atoms with Crippen LogP contribution in [0.4, 0.5) is 13.2 Å². The van der Waals surface area contributed by atoms with Gasteiger partial charge < -0.3 is 15.4 Å². The second kappa shape index (κ2) is 8.88. The van der Waals surface area contributed by atoms with E-state index in [2.05, 4.69) is 10.6 Å². The zero-order valence-electron chi connectivity index (χ0n) is 14.8. The summed E-state index contributed by atoms with van der Waals surface area (Å²) in [4.78, 5) is 35.6. The molecular weight excluding hydrogens is 365 g/mol. The predicted molar refractivity (Wildman–Crippen MR) is 89.7 cm³/mol. The summed E-state index contributed by atoms with van der Waals surface area (Å²) in [6.45, 7) is 0.931. The van der Waals surface area contributed by atoms with E-state index >= 15 is 0 Å². The summed E-state index contributed by atoms with van der Waals surface area (Å²) in [5, 5.41) is 5.04. The predicted octanol–water partition coefficient (Wildman–Crippen LogP) is 2.43. The highest BCUT2D eigenvalue weighted by atomic mass is 19.4. The lowest BCUT2D eigenvalue weighted by atomic mass is 10.1. The van der Waals surface area contributed by atoms with Gasteiger partial charge in [-0.2, -0.15) is 13.2 Å². The largest absolute Gasteiger partial charge is 0.451 e. The van der Waals surface area contributed by atoms with Crippen molar-refractivity contribution in [3.8, 4) is 0 Å². The zero-order valence-corrected chi connectivity index (χ0v) is 14.8. The van der Waals surface area contributed by atoms with Crippen molar-refractivity contribution in [3.63, 3.8) is 0 Å². The summed E-state index contributed by atoms with van der Waals surface area (Å²) in [5.74, 6) is -1.93. The number of esters is 1. The number of ether oxygens (including phenoxy) is 1. The van der Waals surface area contributed by atoms with Crippen LogP contribution in [0.1, 0.15) is 48.5 Å². The Kier molecular flexibility index (Phi) is 6.81. The van der Waals surface area contributed by atoms with Crippen molar-refractivity contribution >= 4 is 17.8 Å². The Hall–Kier alpha value is -2.58. The van der Waals surface area contributed by atoms with E-state index < -0.39 is 42.2 Å². The Morgan fingerprint density at radius 2 is 1.74 bits per heavy atom. The lowest BCUT2D eigenvalue weighted by Crippen LogP contribution is -2.42. The average molecular weight is 386 g/mol. The molecule has 6 nitrogen and oxygen atoms in total. The van der Waals surface area contributed by atoms with Gasteiger partial charge in [-0.3, -0.25) is 14.4 Å². The summed E-state index contributed by atoms with van der Waals surface area (Å²) in [7, 11) is 0. The standard InChI is InChI=1S/C18H21F3N2O4/c1-11(16(25)23-14-4-2-3-5-14)27-15(24)10-22-17(26)12-6-8-13(9-7-12)18(19,20)21/h6-9,11,14H,2-5,10H2,1H3,(H,22,26)(H,23,25)/t11-/m1/s1. The van der Waals surface area contributed by atoms with Crippen LogP contribution in [-0.2, 0) is 20.5 Å². The lowest BCUT2D eigenvalue weighted by molar-refractivity contribution is -0.154. The van der Waals surface area contributed by atoms with Gasteiger partial charge in [-0.05, 0) is 44.0 Å². The van der Waals surface area contributed by atoms with E-state index in [1.807, 2.05) is 0 Å². The molecular formula is C18H21F3N2O4. The van der Waals surface area contributed by atoms with E-state index in [9.17, 15) is 27.6 Å². The minimum Gasteiger partial charge on any atom is -0.451 e. The number of hydrogen-bond donors (Lipinski definition) is 2. The Bertz CT molecular complexity index is 683. The van der Waals surface area contributed by atoms with Crippen LogP contribution in [-0.4, -0.2) is 36.5 Å². The molecule has 1 atom stereocenters. The second-order valence-corrected chi connectivity index (χ2v) is 6.38. The molecule has 2 amide bonds. The average Bonchev–Trinajstić information content (AvgIpc) is 3.12. The van der Waals surface area contributed by atoms with Gasteiger partial charge in [0.15, 0.2) is 6.10 Å². The van der Waals surface area contributed by atoms with Gasteiger partial charge in [0.2, 0.25) is 0 Å². The first-order valence-electron chi connectivity index (χ1n) is 8.62. The van der Waals surface area contributed by atoms with Crippen molar-refractivity contribution < 1.29 is 32.3 Å². The number of rotatable bonds is 6. The molecule has 0 spiro atoms. The van der Waals surface area contributed by atoms with Crippen LogP contribution < -0.4 is 10.6 Å². The summed E-state index contributed by atoms with van der Waals surface area (Å²) >= 11 is 0. The van der Waals surface area contributed by atoms with Crippen molar-refractivity contribution in [2.45, 2.75) is 50.9 Å². The summed E-state index contributed by atoms with van der Waals surface area (Å²) < 4.78 is 42.4. The SMILES string of the molecule is C[C@@H](OC(=O)CNC(=O)c1ccc(C(F)(F)F)cc1)C(=O)NC1CCCC1. The quantitative estimate of drug-likeness (QED) is 0.736. The maximum Gasteiger partial charge on any atom is 0.416 e. The van der Waals surface area contributed by atoms with Crippen LogP contribution in [0.3, 0.4) is 0 Å². The third-order valence-corrected chi connectivity index (χ3v) is 4.25. The molecule has 1 aliphatic rings. The molecule has 2 N–H and O–H groups in total. The molecule has 0 unspecified atom stereocenters. The molecule has 1 aromatic carbocycles. The monoisotopic (exact) mass is 386 g/mol. The summed E-state index contributed by atoms with van der Waals surface area (Å²) in [5.41, 5.74) is -0.900. The molecule has 9 heteroatoms. The molecule has 148 valence electrons. The number of halogens is 3. The van der Waals surface area contributed by atoms with Crippen molar-refractivity contribution in [3.05, 3.63) is 35.4 Å². The number of carbonyl (C=O) groups is 3. The number of alkyl halides is 3. The lowest BCUT2D eigenvalue weighted by Gasteiger charge is -2.17. The molecule has 0 saturated heterocycles. The van der Waals surface area contributed by atoms with Crippen LogP contribution in [0.2, 0.25) is 0 Å². The topological polar surface area (TPSA) is 84.5 Å². The van der Waals surface area contributed by atoms with Gasteiger partial charge >= 0.3 is 12.1 Å². The van der Waals surface area contributed by atoms with E-state index in [0.717, 1.165) is 49.9 Å². The molecule has 2 rings (SSSR count). The van der Waals surface area contributed by atoms with Crippen molar-refractivity contribution in [2.24, 2.45) is 0 Å². The fraction of sp³-hybridized carbons (Fsp3) is 0.500. The van der Waals surface area contributed by atoms with E-state index in [4.69, 9.17) is 4.74 Å². The number of nitrogens with one attached hydrogen (secondary N) is 2. The smallest absolute Gasteiger partial charge is 0.416 e. The normalized spacial score (nSPS) is 15.9. The minimum atomic E-state index is -4.49. The third-order valence-electron chi connectivity index (χ3n) is 4.25. The van der Waals surface area contributed by atoms with Gasteiger partial charge in [-0.1, -0.05) is 12.8 Å². The van der Waals surface area contributed by atoms with Crippen molar-refractivity contribution in [1.82, 2.24) is 10.6 Å². The first kappa shape index (κ1) is 20.7. The van der Waals surface area contributed by atoms with Gasteiger partial charge in [0.25, 0.3) is 11.8 Å². The molecule has 0 aromatic heterocycles. The van der Waals surface area contributed by atoms with Crippen LogP contribution >= 0.6 is 0 Å². The first-order valence-corrected chi connectivity index (χ1v) is 8.62. The van der Waals surface area contributed by atoms with Crippen LogP contribution in [0.25, 0.3) is 0 Å². The Balaban J connectivity index is 1.77. The molecule has 1 aliphatic carbocycles. The molecule has 27 heavy (non-hydrogen) atoms. The van der Waals surface area contributed by atoms with E-state index in [-0.39, 0.29) is 11.6 Å². The Labute approximate surface area is 154 Å². The molecule has 0 bridgehead atoms. The maximum absolute atomic E-state index is 12.5. The third kappa shape index (κ3) is 6.26. The zero-order chi connectivity index (χ0) is 20.0. The summed E-state index contributed by atoms with van der Waals surface area (Å²) in [6, 6.07) is 3.69. The van der Waals surface area contributed by atoms with Gasteiger partial charge in [-0.15, -0.1) is 0 Å². The summed E-state index contributed by atoms with van der Waals surface area (Å²) in [6.07, 6.45) is -1.59. The van der Waals surface area contributed by atoms with E-state index in [1.54, 1.807) is 0 Å².